The van der Waals surface area contributed by atoms with Crippen LogP contribution in [-0.2, 0) is 4.79 Å². The van der Waals surface area contributed by atoms with Gasteiger partial charge in [-0.3, -0.25) is 4.79 Å². The molecule has 0 amide bonds. The van der Waals surface area contributed by atoms with Gasteiger partial charge in [-0.1, -0.05) is 13.8 Å². The summed E-state index contributed by atoms with van der Waals surface area (Å²) in [6.07, 6.45) is 1.92. The molecule has 0 aromatic heterocycles. The van der Waals surface area contributed by atoms with E-state index in [1.807, 2.05) is 13.8 Å². The van der Waals surface area contributed by atoms with Gasteiger partial charge in [-0.15, -0.1) is 0 Å². The zero-order chi connectivity index (χ0) is 15.3. The van der Waals surface area contributed by atoms with Crippen LogP contribution in [0.1, 0.15) is 35.3 Å². The fraction of sp³-hybridized carbons (Fsp3) is 0.375. The van der Waals surface area contributed by atoms with Crippen LogP contribution in [0.15, 0.2) is 24.3 Å². The Balaban J connectivity index is 2.99. The predicted octanol–water partition coefficient (Wildman–Crippen LogP) is 3.16. The zero-order valence-electron chi connectivity index (χ0n) is 12.3. The molecular weight excluding hydrogens is 256 g/mol. The number of hydrogen-bond donors (Lipinski definition) is 1. The molecule has 0 unspecified atom stereocenters. The summed E-state index contributed by atoms with van der Waals surface area (Å²) >= 11 is 0. The summed E-state index contributed by atoms with van der Waals surface area (Å²) in [6.45, 7) is 8.47. The van der Waals surface area contributed by atoms with E-state index in [1.54, 1.807) is 12.1 Å². The molecule has 1 N–H and O–H groups in total. The summed E-state index contributed by atoms with van der Waals surface area (Å²) in [5, 5.41) is 8.54. The molecule has 0 aliphatic heterocycles. The Morgan fingerprint density at radius 1 is 1.20 bits per heavy atom. The minimum atomic E-state index is -1.13. The van der Waals surface area contributed by atoms with Crippen molar-refractivity contribution in [3.05, 3.63) is 41.0 Å². The van der Waals surface area contributed by atoms with Gasteiger partial charge in [0.2, 0.25) is 0 Å². The summed E-state index contributed by atoms with van der Waals surface area (Å²) in [7, 11) is 0. The standard InChI is InChI=1S/C16H20O4/c1-10(2)9-20-15-7-5-13(11(3)12(15)4)14(17)6-8-16(18)19/h5-8,10H,9H2,1-4H3,(H,18,19)/b8-6+. The summed E-state index contributed by atoms with van der Waals surface area (Å²) in [5.74, 6) is -0.266. The van der Waals surface area contributed by atoms with E-state index in [0.717, 1.165) is 29.0 Å². The lowest BCUT2D eigenvalue weighted by atomic mass is 9.99. The van der Waals surface area contributed by atoms with Crippen molar-refractivity contribution in [1.29, 1.82) is 0 Å². The van der Waals surface area contributed by atoms with Crippen molar-refractivity contribution in [3.8, 4) is 5.75 Å². The largest absolute Gasteiger partial charge is 0.493 e. The molecule has 0 saturated carbocycles. The van der Waals surface area contributed by atoms with E-state index in [2.05, 4.69) is 13.8 Å². The zero-order valence-corrected chi connectivity index (χ0v) is 12.3. The molecule has 0 heterocycles. The number of benzene rings is 1. The van der Waals surface area contributed by atoms with E-state index >= 15 is 0 Å². The molecule has 0 saturated heterocycles. The quantitative estimate of drug-likeness (QED) is 0.640. The van der Waals surface area contributed by atoms with E-state index in [0.29, 0.717) is 18.1 Å². The van der Waals surface area contributed by atoms with Gasteiger partial charge in [0.1, 0.15) is 5.75 Å². The number of allylic oxidation sites excluding steroid dienone is 1. The van der Waals surface area contributed by atoms with Gasteiger partial charge in [0.25, 0.3) is 0 Å². The Morgan fingerprint density at radius 3 is 2.40 bits per heavy atom. The lowest BCUT2D eigenvalue weighted by molar-refractivity contribution is -0.131. The first-order chi connectivity index (χ1) is 9.32. The molecule has 0 atom stereocenters. The SMILES string of the molecule is Cc1c(OCC(C)C)ccc(C(=O)/C=C/C(=O)O)c1C. The second-order valence-electron chi connectivity index (χ2n) is 5.10. The summed E-state index contributed by atoms with van der Waals surface area (Å²) in [5.41, 5.74) is 2.21. The first kappa shape index (κ1) is 16.0. The van der Waals surface area contributed by atoms with Crippen molar-refractivity contribution >= 4 is 11.8 Å². The molecule has 4 heteroatoms. The van der Waals surface area contributed by atoms with Crippen LogP contribution in [0, 0.1) is 19.8 Å². The highest BCUT2D eigenvalue weighted by Crippen LogP contribution is 2.25. The van der Waals surface area contributed by atoms with Gasteiger partial charge in [0.15, 0.2) is 5.78 Å². The number of hydrogen-bond acceptors (Lipinski definition) is 3. The average Bonchev–Trinajstić information content (AvgIpc) is 2.37. The third-order valence-corrected chi connectivity index (χ3v) is 2.95. The van der Waals surface area contributed by atoms with Crippen LogP contribution in [0.3, 0.4) is 0 Å². The molecule has 1 rings (SSSR count). The number of carboxylic acid groups (broad SMARTS) is 1. The second kappa shape index (κ2) is 6.89. The van der Waals surface area contributed by atoms with Crippen LogP contribution in [0.5, 0.6) is 5.75 Å². The molecule has 4 nitrogen and oxygen atoms in total. The lowest BCUT2D eigenvalue weighted by Gasteiger charge is -2.14. The number of ether oxygens (including phenoxy) is 1. The molecule has 0 radical (unpaired) electrons. The highest BCUT2D eigenvalue weighted by Gasteiger charge is 2.12. The Bertz CT molecular complexity index is 542. The van der Waals surface area contributed by atoms with Crippen molar-refractivity contribution in [3.63, 3.8) is 0 Å². The monoisotopic (exact) mass is 276 g/mol. The molecule has 0 aliphatic carbocycles. The van der Waals surface area contributed by atoms with Crippen molar-refractivity contribution in [2.75, 3.05) is 6.61 Å². The molecule has 0 aliphatic rings. The van der Waals surface area contributed by atoms with E-state index in [1.165, 1.54) is 0 Å². The third-order valence-electron chi connectivity index (χ3n) is 2.95. The molecule has 0 fully saturated rings. The van der Waals surface area contributed by atoms with Gasteiger partial charge in [-0.05, 0) is 49.1 Å². The first-order valence-electron chi connectivity index (χ1n) is 6.51. The van der Waals surface area contributed by atoms with Crippen LogP contribution >= 0.6 is 0 Å². The number of ketones is 1. The maximum atomic E-state index is 11.9. The van der Waals surface area contributed by atoms with Gasteiger partial charge in [-0.25, -0.2) is 4.79 Å². The summed E-state index contributed by atoms with van der Waals surface area (Å²) in [4.78, 5) is 22.3. The minimum Gasteiger partial charge on any atom is -0.493 e. The Hall–Kier alpha value is -2.10. The van der Waals surface area contributed by atoms with Gasteiger partial charge < -0.3 is 9.84 Å². The van der Waals surface area contributed by atoms with E-state index < -0.39 is 5.97 Å². The van der Waals surface area contributed by atoms with Crippen molar-refractivity contribution in [1.82, 2.24) is 0 Å². The van der Waals surface area contributed by atoms with E-state index in [9.17, 15) is 9.59 Å². The van der Waals surface area contributed by atoms with Crippen molar-refractivity contribution < 1.29 is 19.4 Å². The molecular formula is C16H20O4. The number of carboxylic acids is 1. The highest BCUT2D eigenvalue weighted by atomic mass is 16.5. The highest BCUT2D eigenvalue weighted by molar-refractivity contribution is 6.08. The Morgan fingerprint density at radius 2 is 1.85 bits per heavy atom. The van der Waals surface area contributed by atoms with Crippen molar-refractivity contribution in [2.45, 2.75) is 27.7 Å². The minimum absolute atomic E-state index is 0.316. The number of aliphatic carboxylic acids is 1. The molecule has 108 valence electrons. The second-order valence-corrected chi connectivity index (χ2v) is 5.10. The molecule has 1 aromatic carbocycles. The van der Waals surface area contributed by atoms with E-state index in [4.69, 9.17) is 9.84 Å². The van der Waals surface area contributed by atoms with Crippen LogP contribution in [0.2, 0.25) is 0 Å². The van der Waals surface area contributed by atoms with Crippen LogP contribution < -0.4 is 4.74 Å². The fourth-order valence-corrected chi connectivity index (χ4v) is 1.71. The summed E-state index contributed by atoms with van der Waals surface area (Å²) in [6, 6.07) is 3.43. The third kappa shape index (κ3) is 4.23. The molecule has 0 spiro atoms. The summed E-state index contributed by atoms with van der Waals surface area (Å²) < 4.78 is 5.69. The maximum Gasteiger partial charge on any atom is 0.328 e. The first-order valence-corrected chi connectivity index (χ1v) is 6.51. The molecule has 1 aromatic rings. The molecule has 0 bridgehead atoms. The lowest BCUT2D eigenvalue weighted by Crippen LogP contribution is -2.07. The van der Waals surface area contributed by atoms with Crippen LogP contribution in [0.4, 0.5) is 0 Å². The Kier molecular flexibility index (Phi) is 5.50. The normalized spacial score (nSPS) is 11.1. The topological polar surface area (TPSA) is 63.6 Å². The molecule has 20 heavy (non-hydrogen) atoms. The Labute approximate surface area is 119 Å². The van der Waals surface area contributed by atoms with Crippen molar-refractivity contribution in [2.24, 2.45) is 5.92 Å². The van der Waals surface area contributed by atoms with Crippen LogP contribution in [-0.4, -0.2) is 23.5 Å². The number of carbonyl (C=O) groups is 2. The maximum absolute atomic E-state index is 11.9. The van der Waals surface area contributed by atoms with Gasteiger partial charge >= 0.3 is 5.97 Å². The number of rotatable bonds is 6. The predicted molar refractivity (Wildman–Crippen MR) is 77.4 cm³/mol. The van der Waals surface area contributed by atoms with E-state index in [-0.39, 0.29) is 5.78 Å². The average molecular weight is 276 g/mol. The van der Waals surface area contributed by atoms with Gasteiger partial charge in [0, 0.05) is 11.6 Å². The smallest absolute Gasteiger partial charge is 0.328 e. The number of carbonyl (C=O) groups excluding carboxylic acids is 1. The van der Waals surface area contributed by atoms with Crippen LogP contribution in [0.25, 0.3) is 0 Å². The van der Waals surface area contributed by atoms with Gasteiger partial charge in [0.05, 0.1) is 6.61 Å². The fourth-order valence-electron chi connectivity index (χ4n) is 1.71. The van der Waals surface area contributed by atoms with Gasteiger partial charge in [-0.2, -0.15) is 0 Å².